The molecule has 0 fully saturated rings. The SMILES string of the molecule is CC(C)(C)OC(=O)ON1c2ccccc2Sc2ccccc21. The second-order valence-corrected chi connectivity index (χ2v) is 6.97. The number of hydrogen-bond donors (Lipinski definition) is 0. The molecule has 0 saturated carbocycles. The zero-order valence-electron chi connectivity index (χ0n) is 12.7. The summed E-state index contributed by atoms with van der Waals surface area (Å²) in [6.07, 6.45) is -0.719. The van der Waals surface area contributed by atoms with Gasteiger partial charge in [0, 0.05) is 9.79 Å². The van der Waals surface area contributed by atoms with Crippen LogP contribution in [0.3, 0.4) is 0 Å². The zero-order chi connectivity index (χ0) is 15.7. The van der Waals surface area contributed by atoms with Crippen molar-refractivity contribution in [2.45, 2.75) is 36.2 Å². The summed E-state index contributed by atoms with van der Waals surface area (Å²) >= 11 is 1.65. The van der Waals surface area contributed by atoms with Crippen molar-refractivity contribution in [3.8, 4) is 0 Å². The Labute approximate surface area is 134 Å². The topological polar surface area (TPSA) is 38.8 Å². The molecule has 0 radical (unpaired) electrons. The first-order chi connectivity index (χ1) is 10.4. The van der Waals surface area contributed by atoms with E-state index in [0.717, 1.165) is 21.2 Å². The van der Waals surface area contributed by atoms with Gasteiger partial charge in [0.2, 0.25) is 0 Å². The van der Waals surface area contributed by atoms with E-state index in [1.165, 1.54) is 5.06 Å². The third-order valence-electron chi connectivity index (χ3n) is 2.94. The highest BCUT2D eigenvalue weighted by atomic mass is 32.2. The molecule has 0 saturated heterocycles. The number of carbonyl (C=O) groups is 1. The summed E-state index contributed by atoms with van der Waals surface area (Å²) in [5, 5.41) is 1.54. The minimum atomic E-state index is -0.719. The van der Waals surface area contributed by atoms with Gasteiger partial charge in [-0.3, -0.25) is 0 Å². The highest BCUT2D eigenvalue weighted by Crippen LogP contribution is 2.47. The number of anilines is 2. The standard InChI is InChI=1S/C17H17NO3S/c1-17(2,3)20-16(19)21-18-12-8-4-6-10-14(12)22-15-11-7-5-9-13(15)18/h4-11H,1-3H3. The maximum Gasteiger partial charge on any atom is 0.534 e. The van der Waals surface area contributed by atoms with Crippen LogP contribution in [0.25, 0.3) is 0 Å². The Morgan fingerprint density at radius 3 is 1.95 bits per heavy atom. The molecule has 114 valence electrons. The largest absolute Gasteiger partial charge is 0.534 e. The minimum Gasteiger partial charge on any atom is -0.427 e. The number of nitrogens with zero attached hydrogens (tertiary/aromatic N) is 1. The summed E-state index contributed by atoms with van der Waals surface area (Å²) in [7, 11) is 0. The van der Waals surface area contributed by atoms with Crippen molar-refractivity contribution in [2.75, 3.05) is 5.06 Å². The van der Waals surface area contributed by atoms with E-state index >= 15 is 0 Å². The summed E-state index contributed by atoms with van der Waals surface area (Å²) in [6.45, 7) is 5.42. The molecule has 0 unspecified atom stereocenters. The fourth-order valence-corrected chi connectivity index (χ4v) is 3.15. The van der Waals surface area contributed by atoms with Crippen molar-refractivity contribution in [1.29, 1.82) is 0 Å². The first-order valence-corrected chi connectivity index (χ1v) is 7.83. The Kier molecular flexibility index (Phi) is 3.74. The molecule has 0 N–H and O–H groups in total. The maximum absolute atomic E-state index is 12.1. The van der Waals surface area contributed by atoms with E-state index < -0.39 is 11.8 Å². The van der Waals surface area contributed by atoms with Crippen LogP contribution in [0.15, 0.2) is 58.3 Å². The molecule has 1 aliphatic rings. The van der Waals surface area contributed by atoms with Gasteiger partial charge in [-0.2, -0.15) is 5.06 Å². The fraction of sp³-hybridized carbons (Fsp3) is 0.235. The molecular formula is C17H17NO3S. The number of para-hydroxylation sites is 2. The number of carbonyl (C=O) groups excluding carboxylic acids is 1. The van der Waals surface area contributed by atoms with Gasteiger partial charge >= 0.3 is 6.16 Å². The summed E-state index contributed by atoms with van der Waals surface area (Å²) in [5.41, 5.74) is 1.06. The van der Waals surface area contributed by atoms with Gasteiger partial charge in [0.15, 0.2) is 0 Å². The lowest BCUT2D eigenvalue weighted by atomic mass is 10.2. The minimum absolute atomic E-state index is 0.597. The van der Waals surface area contributed by atoms with E-state index in [2.05, 4.69) is 0 Å². The van der Waals surface area contributed by atoms with E-state index in [1.807, 2.05) is 69.3 Å². The van der Waals surface area contributed by atoms with Gasteiger partial charge in [0.05, 0.1) is 11.4 Å². The van der Waals surface area contributed by atoms with E-state index in [-0.39, 0.29) is 0 Å². The predicted octanol–water partition coefficient (Wildman–Crippen LogP) is 5.16. The maximum atomic E-state index is 12.1. The van der Waals surface area contributed by atoms with Gasteiger partial charge in [-0.25, -0.2) is 4.79 Å². The Bertz CT molecular complexity index is 664. The third-order valence-corrected chi connectivity index (χ3v) is 4.07. The first kappa shape index (κ1) is 14.8. The fourth-order valence-electron chi connectivity index (χ4n) is 2.11. The Balaban J connectivity index is 1.95. The molecule has 2 aromatic rings. The van der Waals surface area contributed by atoms with Gasteiger partial charge in [0.25, 0.3) is 0 Å². The van der Waals surface area contributed by atoms with Gasteiger partial charge in [-0.15, -0.1) is 0 Å². The van der Waals surface area contributed by atoms with Crippen LogP contribution in [0.4, 0.5) is 16.2 Å². The molecule has 22 heavy (non-hydrogen) atoms. The van der Waals surface area contributed by atoms with Crippen LogP contribution in [0, 0.1) is 0 Å². The van der Waals surface area contributed by atoms with Crippen LogP contribution in [0.2, 0.25) is 0 Å². The third kappa shape index (κ3) is 3.04. The number of fused-ring (bicyclic) bond motifs is 2. The molecule has 4 nitrogen and oxygen atoms in total. The molecule has 3 rings (SSSR count). The lowest BCUT2D eigenvalue weighted by molar-refractivity contribution is -0.00769. The number of benzene rings is 2. The molecule has 0 atom stereocenters. The smallest absolute Gasteiger partial charge is 0.427 e. The first-order valence-electron chi connectivity index (χ1n) is 7.01. The van der Waals surface area contributed by atoms with E-state index in [9.17, 15) is 4.79 Å². The molecule has 0 aliphatic carbocycles. The van der Waals surface area contributed by atoms with E-state index in [0.29, 0.717) is 0 Å². The van der Waals surface area contributed by atoms with Gasteiger partial charge in [-0.1, -0.05) is 36.0 Å². The molecule has 0 aromatic heterocycles. The second-order valence-electron chi connectivity index (χ2n) is 5.89. The van der Waals surface area contributed by atoms with Crippen LogP contribution in [0.5, 0.6) is 0 Å². The molecular weight excluding hydrogens is 298 g/mol. The second kappa shape index (κ2) is 5.57. The molecule has 5 heteroatoms. The van der Waals surface area contributed by atoms with Crippen LogP contribution >= 0.6 is 11.8 Å². The van der Waals surface area contributed by atoms with Crippen LogP contribution in [-0.4, -0.2) is 11.8 Å². The Hall–Kier alpha value is -2.14. The summed E-state index contributed by atoms with van der Waals surface area (Å²) in [6, 6.07) is 15.6. The monoisotopic (exact) mass is 315 g/mol. The zero-order valence-corrected chi connectivity index (χ0v) is 13.5. The van der Waals surface area contributed by atoms with Crippen LogP contribution in [-0.2, 0) is 9.57 Å². The van der Waals surface area contributed by atoms with Crippen molar-refractivity contribution < 1.29 is 14.4 Å². The van der Waals surface area contributed by atoms with Gasteiger partial charge < -0.3 is 9.57 Å². The molecule has 1 heterocycles. The van der Waals surface area contributed by atoms with E-state index in [4.69, 9.17) is 9.57 Å². The normalized spacial score (nSPS) is 13.1. The van der Waals surface area contributed by atoms with Crippen molar-refractivity contribution in [2.24, 2.45) is 0 Å². The van der Waals surface area contributed by atoms with Gasteiger partial charge in [-0.05, 0) is 45.0 Å². The lowest BCUT2D eigenvalue weighted by Crippen LogP contribution is -2.30. The highest BCUT2D eigenvalue weighted by Gasteiger charge is 2.28. The quantitative estimate of drug-likeness (QED) is 0.680. The predicted molar refractivity (Wildman–Crippen MR) is 86.5 cm³/mol. The van der Waals surface area contributed by atoms with Crippen molar-refractivity contribution in [3.05, 3.63) is 48.5 Å². The average Bonchev–Trinajstić information content (AvgIpc) is 2.45. The van der Waals surface area contributed by atoms with Crippen molar-refractivity contribution >= 4 is 29.3 Å². The number of hydrogen-bond acceptors (Lipinski definition) is 5. The summed E-state index contributed by atoms with van der Waals surface area (Å²) < 4.78 is 5.26. The summed E-state index contributed by atoms with van der Waals surface area (Å²) in [4.78, 5) is 19.6. The van der Waals surface area contributed by atoms with Crippen LogP contribution in [0.1, 0.15) is 20.8 Å². The van der Waals surface area contributed by atoms with Crippen LogP contribution < -0.4 is 5.06 Å². The van der Waals surface area contributed by atoms with Crippen molar-refractivity contribution in [3.63, 3.8) is 0 Å². The molecule has 2 aromatic carbocycles. The highest BCUT2D eigenvalue weighted by molar-refractivity contribution is 7.99. The van der Waals surface area contributed by atoms with Crippen molar-refractivity contribution in [1.82, 2.24) is 0 Å². The number of ether oxygens (including phenoxy) is 1. The average molecular weight is 315 g/mol. The summed E-state index contributed by atoms with van der Waals surface area (Å²) in [5.74, 6) is 0. The lowest BCUT2D eigenvalue weighted by Gasteiger charge is -2.31. The Morgan fingerprint density at radius 1 is 0.955 bits per heavy atom. The molecule has 0 amide bonds. The Morgan fingerprint density at radius 2 is 1.45 bits per heavy atom. The molecule has 0 bridgehead atoms. The number of rotatable bonds is 1. The van der Waals surface area contributed by atoms with Gasteiger partial charge in [0.1, 0.15) is 5.60 Å². The molecule has 0 spiro atoms. The molecule has 1 aliphatic heterocycles. The van der Waals surface area contributed by atoms with E-state index in [1.54, 1.807) is 11.8 Å².